The zero-order valence-corrected chi connectivity index (χ0v) is 17.7. The molecule has 0 spiro atoms. The van der Waals surface area contributed by atoms with Crippen LogP contribution in [-0.2, 0) is 28.2 Å². The molecule has 0 radical (unpaired) electrons. The molecule has 1 atom stereocenters. The van der Waals surface area contributed by atoms with Crippen molar-refractivity contribution in [2.45, 2.75) is 62.4 Å². The highest BCUT2D eigenvalue weighted by Crippen LogP contribution is 2.34. The van der Waals surface area contributed by atoms with E-state index < -0.39 is 16.1 Å². The highest BCUT2D eigenvalue weighted by Gasteiger charge is 2.38. The molecule has 1 aliphatic heterocycles. The Morgan fingerprint density at radius 1 is 1.21 bits per heavy atom. The van der Waals surface area contributed by atoms with Gasteiger partial charge >= 0.3 is 0 Å². The predicted octanol–water partition coefficient (Wildman–Crippen LogP) is 2.47. The van der Waals surface area contributed by atoms with Crippen molar-refractivity contribution in [1.29, 1.82) is 0 Å². The van der Waals surface area contributed by atoms with Crippen molar-refractivity contribution in [1.82, 2.24) is 24.0 Å². The van der Waals surface area contributed by atoms with E-state index in [-0.39, 0.29) is 5.03 Å². The molecule has 4 rings (SSSR count). The fourth-order valence-corrected chi connectivity index (χ4v) is 5.80. The monoisotopic (exact) mass is 423 g/mol. The van der Waals surface area contributed by atoms with E-state index in [2.05, 4.69) is 15.1 Å². The lowest BCUT2D eigenvalue weighted by atomic mass is 10.1. The first-order valence-electron chi connectivity index (χ1n) is 10.4. The first kappa shape index (κ1) is 20.5. The van der Waals surface area contributed by atoms with Gasteiger partial charge in [0.1, 0.15) is 6.04 Å². The molecular formula is C19H29N5O4S. The number of nitrogens with zero attached hydrogens (tertiary/aromatic N) is 5. The molecule has 2 aliphatic rings. The minimum absolute atomic E-state index is 0.0481. The van der Waals surface area contributed by atoms with Gasteiger partial charge in [0.25, 0.3) is 10.0 Å². The molecule has 1 saturated carbocycles. The van der Waals surface area contributed by atoms with Crippen LogP contribution >= 0.6 is 0 Å². The summed E-state index contributed by atoms with van der Waals surface area (Å²) in [5.41, 5.74) is 0. The number of piperidine rings is 1. The molecule has 1 unspecified atom stereocenters. The Labute approximate surface area is 171 Å². The maximum Gasteiger partial charge on any atom is 0.262 e. The normalized spacial score (nSPS) is 21.8. The van der Waals surface area contributed by atoms with E-state index in [9.17, 15) is 8.42 Å². The zero-order chi connectivity index (χ0) is 20.3. The Morgan fingerprint density at radius 3 is 2.76 bits per heavy atom. The maximum atomic E-state index is 13.1. The Kier molecular flexibility index (Phi) is 6.31. The fourth-order valence-electron chi connectivity index (χ4n) is 4.18. The van der Waals surface area contributed by atoms with Gasteiger partial charge in [-0.3, -0.25) is 0 Å². The van der Waals surface area contributed by atoms with E-state index in [1.54, 1.807) is 11.6 Å². The van der Waals surface area contributed by atoms with Crippen molar-refractivity contribution in [2.24, 2.45) is 13.0 Å². The molecule has 160 valence electrons. The first-order chi connectivity index (χ1) is 14.0. The summed E-state index contributed by atoms with van der Waals surface area (Å²) in [5, 5.41) is 4.09. The van der Waals surface area contributed by atoms with Gasteiger partial charge in [0.2, 0.25) is 5.89 Å². The van der Waals surface area contributed by atoms with Crippen LogP contribution in [0.5, 0.6) is 0 Å². The lowest BCUT2D eigenvalue weighted by Gasteiger charge is -2.31. The molecule has 1 aliphatic carbocycles. The summed E-state index contributed by atoms with van der Waals surface area (Å²) in [4.78, 5) is 8.50. The van der Waals surface area contributed by atoms with Crippen LogP contribution in [0.15, 0.2) is 22.1 Å². The van der Waals surface area contributed by atoms with Gasteiger partial charge in [-0.25, -0.2) is 13.4 Å². The molecule has 10 heteroatoms. The summed E-state index contributed by atoms with van der Waals surface area (Å²) in [7, 11) is -1.96. The summed E-state index contributed by atoms with van der Waals surface area (Å²) < 4.78 is 40.4. The van der Waals surface area contributed by atoms with Crippen molar-refractivity contribution < 1.29 is 17.7 Å². The fraction of sp³-hybridized carbons (Fsp3) is 0.737. The lowest BCUT2D eigenvalue weighted by Crippen LogP contribution is -2.38. The molecule has 2 aromatic heterocycles. The number of sulfonamides is 1. The second kappa shape index (κ2) is 8.93. The number of hydrogen-bond donors (Lipinski definition) is 0. The molecule has 9 nitrogen and oxygen atoms in total. The summed E-state index contributed by atoms with van der Waals surface area (Å²) in [6.07, 6.45) is 11.1. The second-order valence-corrected chi connectivity index (χ2v) is 9.87. The Balaban J connectivity index is 1.39. The van der Waals surface area contributed by atoms with E-state index >= 15 is 0 Å². The van der Waals surface area contributed by atoms with Gasteiger partial charge in [-0.15, -0.1) is 0 Å². The molecule has 0 aromatic carbocycles. The van der Waals surface area contributed by atoms with Crippen LogP contribution in [0.1, 0.15) is 62.7 Å². The topological polar surface area (TPSA) is 103 Å². The van der Waals surface area contributed by atoms with Crippen LogP contribution in [0.4, 0.5) is 0 Å². The third kappa shape index (κ3) is 4.70. The number of rotatable bonds is 8. The van der Waals surface area contributed by atoms with Crippen LogP contribution in [0.3, 0.4) is 0 Å². The van der Waals surface area contributed by atoms with Gasteiger partial charge in [0.05, 0.1) is 12.9 Å². The van der Waals surface area contributed by atoms with E-state index in [1.807, 2.05) is 0 Å². The number of imidazole rings is 1. The third-order valence-corrected chi connectivity index (χ3v) is 7.57. The summed E-state index contributed by atoms with van der Waals surface area (Å²) >= 11 is 0. The molecular weight excluding hydrogens is 394 g/mol. The highest BCUT2D eigenvalue weighted by atomic mass is 32.2. The standard InChI is InChI=1S/C19H29N5O4S/c1-23-12-18(20-14-23)29(25,26)24-10-5-4-8-16(24)19-21-17(22-28-19)9-11-27-13-15-6-2-3-7-15/h12,14-16H,2-11,13H2,1H3. The quantitative estimate of drug-likeness (QED) is 0.601. The lowest BCUT2D eigenvalue weighted by molar-refractivity contribution is 0.102. The third-order valence-electron chi connectivity index (χ3n) is 5.78. The molecule has 3 heterocycles. The Morgan fingerprint density at radius 2 is 2.00 bits per heavy atom. The minimum atomic E-state index is -3.71. The SMILES string of the molecule is Cn1cnc(S(=O)(=O)N2CCCCC2c2nc(CCOCC3CCCC3)no2)c1. The van der Waals surface area contributed by atoms with Crippen molar-refractivity contribution in [2.75, 3.05) is 19.8 Å². The maximum absolute atomic E-state index is 13.1. The molecule has 0 amide bonds. The minimum Gasteiger partial charge on any atom is -0.381 e. The average Bonchev–Trinajstić information content (AvgIpc) is 3.47. The van der Waals surface area contributed by atoms with Gasteiger partial charge in [0, 0.05) is 32.8 Å². The smallest absolute Gasteiger partial charge is 0.262 e. The van der Waals surface area contributed by atoms with Crippen molar-refractivity contribution in [3.63, 3.8) is 0 Å². The molecule has 2 aromatic rings. The van der Waals surface area contributed by atoms with Crippen LogP contribution in [-0.4, -0.2) is 52.2 Å². The summed E-state index contributed by atoms with van der Waals surface area (Å²) in [6.45, 7) is 1.77. The molecule has 0 bridgehead atoms. The number of aryl methyl sites for hydroxylation is 1. The van der Waals surface area contributed by atoms with Crippen LogP contribution < -0.4 is 0 Å². The van der Waals surface area contributed by atoms with Crippen LogP contribution in [0.25, 0.3) is 0 Å². The largest absolute Gasteiger partial charge is 0.381 e. The average molecular weight is 424 g/mol. The second-order valence-electron chi connectivity index (χ2n) is 8.03. The van der Waals surface area contributed by atoms with E-state index in [4.69, 9.17) is 9.26 Å². The highest BCUT2D eigenvalue weighted by molar-refractivity contribution is 7.89. The molecule has 2 fully saturated rings. The number of aromatic nitrogens is 4. The van der Waals surface area contributed by atoms with Crippen molar-refractivity contribution in [3.8, 4) is 0 Å². The Bertz CT molecular complexity index is 903. The van der Waals surface area contributed by atoms with Gasteiger partial charge in [-0.1, -0.05) is 24.4 Å². The number of ether oxygens (including phenoxy) is 1. The van der Waals surface area contributed by atoms with E-state index in [1.165, 1.54) is 42.5 Å². The molecule has 1 saturated heterocycles. The van der Waals surface area contributed by atoms with Crippen LogP contribution in [0.2, 0.25) is 0 Å². The van der Waals surface area contributed by atoms with Crippen molar-refractivity contribution >= 4 is 10.0 Å². The van der Waals surface area contributed by atoms with Gasteiger partial charge in [0.15, 0.2) is 10.9 Å². The van der Waals surface area contributed by atoms with Gasteiger partial charge in [-0.05, 0) is 31.6 Å². The van der Waals surface area contributed by atoms with Crippen molar-refractivity contribution in [3.05, 3.63) is 24.2 Å². The van der Waals surface area contributed by atoms with Crippen LogP contribution in [0, 0.1) is 5.92 Å². The summed E-state index contributed by atoms with van der Waals surface area (Å²) in [6, 6.07) is -0.448. The summed E-state index contributed by atoms with van der Waals surface area (Å²) in [5.74, 6) is 1.60. The van der Waals surface area contributed by atoms with Gasteiger partial charge < -0.3 is 13.8 Å². The van der Waals surface area contributed by atoms with E-state index in [0.29, 0.717) is 43.6 Å². The Hall–Kier alpha value is -1.78. The van der Waals surface area contributed by atoms with E-state index in [0.717, 1.165) is 19.4 Å². The zero-order valence-electron chi connectivity index (χ0n) is 16.9. The molecule has 0 N–H and O–H groups in total. The number of hydrogen-bond acceptors (Lipinski definition) is 7. The molecule has 29 heavy (non-hydrogen) atoms. The van der Waals surface area contributed by atoms with Gasteiger partial charge in [-0.2, -0.15) is 9.29 Å². The predicted molar refractivity (Wildman–Crippen MR) is 104 cm³/mol. The first-order valence-corrected chi connectivity index (χ1v) is 11.9.